The fourth-order valence-corrected chi connectivity index (χ4v) is 4.19. The van der Waals surface area contributed by atoms with Crippen LogP contribution in [-0.2, 0) is 16.3 Å². The average molecular weight is 283 g/mol. The van der Waals surface area contributed by atoms with E-state index in [0.29, 0.717) is 13.0 Å². The van der Waals surface area contributed by atoms with Crippen molar-refractivity contribution in [2.75, 3.05) is 26.0 Å². The highest BCUT2D eigenvalue weighted by Gasteiger charge is 2.26. The van der Waals surface area contributed by atoms with E-state index in [1.165, 1.54) is 0 Å². The maximum Gasteiger partial charge on any atom is 0.154 e. The summed E-state index contributed by atoms with van der Waals surface area (Å²) in [7, 11) is -1.42. The molecule has 0 bridgehead atoms. The van der Waals surface area contributed by atoms with E-state index in [-0.39, 0.29) is 11.0 Å². The second-order valence-electron chi connectivity index (χ2n) is 4.90. The van der Waals surface area contributed by atoms with E-state index in [4.69, 9.17) is 4.74 Å². The molecule has 1 saturated heterocycles. The monoisotopic (exact) mass is 283 g/mol. The fourth-order valence-electron chi connectivity index (χ4n) is 2.45. The zero-order valence-corrected chi connectivity index (χ0v) is 12.1. The molecule has 1 aromatic carbocycles. The third-order valence-electron chi connectivity index (χ3n) is 3.61. The number of rotatable bonds is 5. The molecule has 5 heteroatoms. The highest BCUT2D eigenvalue weighted by atomic mass is 32.2. The second kappa shape index (κ2) is 6.39. The number of ether oxygens (including phenoxy) is 1. The summed E-state index contributed by atoms with van der Waals surface area (Å²) < 4.78 is 29.8. The molecule has 0 aliphatic carbocycles. The largest absolute Gasteiger partial charge is 0.496 e. The Bertz CT molecular complexity index is 507. The van der Waals surface area contributed by atoms with Crippen LogP contribution in [0.15, 0.2) is 24.3 Å². The van der Waals surface area contributed by atoms with Gasteiger partial charge >= 0.3 is 0 Å². The summed E-state index contributed by atoms with van der Waals surface area (Å²) in [5.41, 5.74) is 0.956. The van der Waals surface area contributed by atoms with Crippen molar-refractivity contribution in [3.05, 3.63) is 29.8 Å². The number of methoxy groups -OCH3 is 1. The standard InChI is InChI=1S/C14H21NO3S/c1-18-14-7-3-2-5-12(14)8-10-19(16,17)13-6-4-9-15-11-13/h2-3,5,7,13,15H,4,6,8-11H2,1H3. The van der Waals surface area contributed by atoms with Crippen molar-refractivity contribution < 1.29 is 13.2 Å². The van der Waals surface area contributed by atoms with Gasteiger partial charge in [0.25, 0.3) is 0 Å². The first-order valence-electron chi connectivity index (χ1n) is 6.67. The number of hydrogen-bond donors (Lipinski definition) is 1. The lowest BCUT2D eigenvalue weighted by Crippen LogP contribution is -2.40. The van der Waals surface area contributed by atoms with Gasteiger partial charge in [0.1, 0.15) is 5.75 Å². The molecule has 0 amide bonds. The molecule has 2 rings (SSSR count). The van der Waals surface area contributed by atoms with E-state index in [1.807, 2.05) is 24.3 Å². The lowest BCUT2D eigenvalue weighted by Gasteiger charge is -2.22. The average Bonchev–Trinajstić information content (AvgIpc) is 2.46. The zero-order chi connectivity index (χ0) is 13.7. The van der Waals surface area contributed by atoms with Crippen molar-refractivity contribution in [2.45, 2.75) is 24.5 Å². The van der Waals surface area contributed by atoms with Crippen LogP contribution < -0.4 is 10.1 Å². The molecule has 19 heavy (non-hydrogen) atoms. The summed E-state index contributed by atoms with van der Waals surface area (Å²) in [6.07, 6.45) is 2.24. The van der Waals surface area contributed by atoms with Gasteiger partial charge in [-0.25, -0.2) is 8.42 Å². The molecule has 0 radical (unpaired) electrons. The predicted octanol–water partition coefficient (Wildman–Crippen LogP) is 1.40. The van der Waals surface area contributed by atoms with Gasteiger partial charge < -0.3 is 10.1 Å². The van der Waals surface area contributed by atoms with Crippen molar-refractivity contribution in [1.29, 1.82) is 0 Å². The summed E-state index contributed by atoms with van der Waals surface area (Å²) >= 11 is 0. The maximum atomic E-state index is 12.3. The number of benzene rings is 1. The van der Waals surface area contributed by atoms with E-state index in [2.05, 4.69) is 5.32 Å². The minimum absolute atomic E-state index is 0.194. The van der Waals surface area contributed by atoms with Crippen LogP contribution in [-0.4, -0.2) is 39.6 Å². The molecule has 1 fully saturated rings. The SMILES string of the molecule is COc1ccccc1CCS(=O)(=O)C1CCCNC1. The molecule has 1 aliphatic heterocycles. The fraction of sp³-hybridized carbons (Fsp3) is 0.571. The van der Waals surface area contributed by atoms with E-state index >= 15 is 0 Å². The molecule has 1 unspecified atom stereocenters. The lowest BCUT2D eigenvalue weighted by atomic mass is 10.1. The molecule has 0 spiro atoms. The lowest BCUT2D eigenvalue weighted by molar-refractivity contribution is 0.410. The molecule has 1 aliphatic rings. The van der Waals surface area contributed by atoms with Crippen LogP contribution in [0.1, 0.15) is 18.4 Å². The van der Waals surface area contributed by atoms with Crippen LogP contribution in [0.25, 0.3) is 0 Å². The number of aryl methyl sites for hydroxylation is 1. The Balaban J connectivity index is 2.00. The summed E-state index contributed by atoms with van der Waals surface area (Å²) in [6.45, 7) is 1.52. The third-order valence-corrected chi connectivity index (χ3v) is 5.80. The van der Waals surface area contributed by atoms with Crippen molar-refractivity contribution in [3.63, 3.8) is 0 Å². The maximum absolute atomic E-state index is 12.3. The normalized spacial score (nSPS) is 20.2. The smallest absolute Gasteiger partial charge is 0.154 e. The van der Waals surface area contributed by atoms with Crippen LogP contribution >= 0.6 is 0 Å². The zero-order valence-electron chi connectivity index (χ0n) is 11.3. The quantitative estimate of drug-likeness (QED) is 0.887. The highest BCUT2D eigenvalue weighted by molar-refractivity contribution is 7.92. The van der Waals surface area contributed by atoms with Gasteiger partial charge in [-0.3, -0.25) is 0 Å². The van der Waals surface area contributed by atoms with Crippen LogP contribution in [0, 0.1) is 0 Å². The Hall–Kier alpha value is -1.07. The van der Waals surface area contributed by atoms with Crippen LogP contribution in [0.2, 0.25) is 0 Å². The molecule has 0 aromatic heterocycles. The van der Waals surface area contributed by atoms with Crippen LogP contribution in [0.5, 0.6) is 5.75 Å². The van der Waals surface area contributed by atoms with Crippen molar-refractivity contribution in [3.8, 4) is 5.75 Å². The first-order valence-corrected chi connectivity index (χ1v) is 8.39. The van der Waals surface area contributed by atoms with Crippen molar-refractivity contribution >= 4 is 9.84 Å². The molecule has 1 aromatic rings. The number of hydrogen-bond acceptors (Lipinski definition) is 4. The minimum atomic E-state index is -3.02. The Morgan fingerprint density at radius 3 is 2.84 bits per heavy atom. The number of nitrogens with one attached hydrogen (secondary N) is 1. The number of para-hydroxylation sites is 1. The minimum Gasteiger partial charge on any atom is -0.496 e. The Kier molecular flexibility index (Phi) is 4.82. The van der Waals surface area contributed by atoms with Gasteiger partial charge in [0.05, 0.1) is 18.1 Å². The van der Waals surface area contributed by atoms with Gasteiger partial charge in [-0.05, 0) is 37.4 Å². The van der Waals surface area contributed by atoms with Gasteiger partial charge in [-0.1, -0.05) is 18.2 Å². The van der Waals surface area contributed by atoms with E-state index < -0.39 is 9.84 Å². The Morgan fingerprint density at radius 1 is 1.37 bits per heavy atom. The summed E-state index contributed by atoms with van der Waals surface area (Å²) in [5.74, 6) is 0.958. The molecule has 1 atom stereocenters. The Labute approximate surface area is 115 Å². The first-order chi connectivity index (χ1) is 9.13. The predicted molar refractivity (Wildman–Crippen MR) is 76.4 cm³/mol. The van der Waals surface area contributed by atoms with Crippen molar-refractivity contribution in [2.24, 2.45) is 0 Å². The topological polar surface area (TPSA) is 55.4 Å². The van der Waals surface area contributed by atoms with Gasteiger partial charge in [-0.2, -0.15) is 0 Å². The molecule has 4 nitrogen and oxygen atoms in total. The van der Waals surface area contributed by atoms with Crippen molar-refractivity contribution in [1.82, 2.24) is 5.32 Å². The molecule has 0 saturated carbocycles. The molecule has 1 N–H and O–H groups in total. The second-order valence-corrected chi connectivity index (χ2v) is 7.30. The van der Waals surface area contributed by atoms with E-state index in [0.717, 1.165) is 30.7 Å². The first kappa shape index (κ1) is 14.3. The van der Waals surface area contributed by atoms with Crippen LogP contribution in [0.3, 0.4) is 0 Å². The van der Waals surface area contributed by atoms with Crippen LogP contribution in [0.4, 0.5) is 0 Å². The van der Waals surface area contributed by atoms with Gasteiger partial charge in [-0.15, -0.1) is 0 Å². The third kappa shape index (κ3) is 3.70. The molecular formula is C14H21NO3S. The summed E-state index contributed by atoms with van der Waals surface area (Å²) in [6, 6.07) is 7.59. The molecular weight excluding hydrogens is 262 g/mol. The summed E-state index contributed by atoms with van der Waals surface area (Å²) in [5, 5.41) is 2.93. The van der Waals surface area contributed by atoms with Gasteiger partial charge in [0.15, 0.2) is 9.84 Å². The molecule has 1 heterocycles. The number of piperidine rings is 1. The molecule has 106 valence electrons. The number of sulfone groups is 1. The van der Waals surface area contributed by atoms with E-state index in [9.17, 15) is 8.42 Å². The van der Waals surface area contributed by atoms with E-state index in [1.54, 1.807) is 7.11 Å². The highest BCUT2D eigenvalue weighted by Crippen LogP contribution is 2.20. The van der Waals surface area contributed by atoms with Gasteiger partial charge in [0, 0.05) is 6.54 Å². The summed E-state index contributed by atoms with van der Waals surface area (Å²) in [4.78, 5) is 0. The Morgan fingerprint density at radius 2 is 2.16 bits per heavy atom. The van der Waals surface area contributed by atoms with Gasteiger partial charge in [0.2, 0.25) is 0 Å².